The molecule has 0 aliphatic heterocycles. The summed E-state index contributed by atoms with van der Waals surface area (Å²) in [7, 11) is 0. The van der Waals surface area contributed by atoms with Crippen molar-refractivity contribution < 1.29 is 14.3 Å². The molecule has 0 amide bonds. The van der Waals surface area contributed by atoms with Crippen molar-refractivity contribution in [3.8, 4) is 6.07 Å². The molecule has 29 heavy (non-hydrogen) atoms. The van der Waals surface area contributed by atoms with Crippen LogP contribution in [0.5, 0.6) is 0 Å². The minimum absolute atomic E-state index is 0.000322. The average Bonchev–Trinajstić information content (AvgIpc) is 3.02. The minimum Gasteiger partial charge on any atom is -0.462 e. The molecule has 0 fully saturated rings. The number of aromatic amines is 1. The summed E-state index contributed by atoms with van der Waals surface area (Å²) in [6.45, 7) is 11.4. The smallest absolute Gasteiger partial charge is 0.340 e. The Hall–Kier alpha value is -3.33. The molecule has 0 saturated heterocycles. The van der Waals surface area contributed by atoms with E-state index in [2.05, 4.69) is 23.7 Å². The van der Waals surface area contributed by atoms with Crippen LogP contribution in [0.3, 0.4) is 0 Å². The molecule has 0 radical (unpaired) electrons. The molecule has 1 aromatic heterocycles. The monoisotopic (exact) mass is 393 g/mol. The second kappa shape index (κ2) is 9.74. The van der Waals surface area contributed by atoms with Crippen molar-refractivity contribution in [1.82, 2.24) is 4.98 Å². The number of allylic oxidation sites excluding steroid dienone is 1. The van der Waals surface area contributed by atoms with Crippen LogP contribution in [0.25, 0.3) is 6.08 Å². The topological polar surface area (TPSA) is 86.2 Å². The Morgan fingerprint density at radius 2 is 1.76 bits per heavy atom. The second-order valence-electron chi connectivity index (χ2n) is 6.61. The Bertz CT molecular complexity index is 958. The van der Waals surface area contributed by atoms with Gasteiger partial charge in [-0.05, 0) is 64.0 Å². The number of aromatic nitrogens is 1. The standard InChI is InChI=1S/C23H27N3O3/c1-6-26(7-2)19-11-9-17(10-12-19)13-18(14-24)22(27)21-15(4)20(16(5)25-21)23(28)29-8-3/h9-13,25H,6-8H2,1-5H3/b18-13+. The van der Waals surface area contributed by atoms with Gasteiger partial charge in [-0.1, -0.05) is 12.1 Å². The van der Waals surface area contributed by atoms with Crippen LogP contribution in [-0.2, 0) is 4.74 Å². The van der Waals surface area contributed by atoms with Gasteiger partial charge in [-0.3, -0.25) is 4.79 Å². The van der Waals surface area contributed by atoms with Crippen LogP contribution in [0, 0.1) is 25.2 Å². The van der Waals surface area contributed by atoms with Gasteiger partial charge in [0, 0.05) is 24.5 Å². The lowest BCUT2D eigenvalue weighted by Gasteiger charge is -2.20. The molecule has 0 spiro atoms. The van der Waals surface area contributed by atoms with E-state index in [4.69, 9.17) is 4.74 Å². The zero-order valence-corrected chi connectivity index (χ0v) is 17.6. The van der Waals surface area contributed by atoms with Gasteiger partial charge in [0.15, 0.2) is 0 Å². The van der Waals surface area contributed by atoms with Crippen LogP contribution in [-0.4, -0.2) is 36.4 Å². The van der Waals surface area contributed by atoms with Gasteiger partial charge in [0.25, 0.3) is 0 Å². The molecule has 0 saturated carbocycles. The van der Waals surface area contributed by atoms with Crippen LogP contribution < -0.4 is 4.90 Å². The number of esters is 1. The fraction of sp³-hybridized carbons (Fsp3) is 0.348. The maximum absolute atomic E-state index is 12.9. The van der Waals surface area contributed by atoms with Crippen molar-refractivity contribution in [2.75, 3.05) is 24.6 Å². The highest BCUT2D eigenvalue weighted by atomic mass is 16.5. The van der Waals surface area contributed by atoms with E-state index in [1.54, 1.807) is 26.8 Å². The predicted molar refractivity (Wildman–Crippen MR) is 114 cm³/mol. The fourth-order valence-corrected chi connectivity index (χ4v) is 3.31. The number of aryl methyl sites for hydroxylation is 1. The molecule has 152 valence electrons. The zero-order valence-electron chi connectivity index (χ0n) is 17.6. The van der Waals surface area contributed by atoms with Crippen LogP contribution in [0.1, 0.15) is 58.4 Å². The Morgan fingerprint density at radius 1 is 1.14 bits per heavy atom. The first-order valence-electron chi connectivity index (χ1n) is 9.75. The lowest BCUT2D eigenvalue weighted by molar-refractivity contribution is 0.0525. The van der Waals surface area contributed by atoms with Gasteiger partial charge < -0.3 is 14.6 Å². The van der Waals surface area contributed by atoms with E-state index in [-0.39, 0.29) is 17.9 Å². The largest absolute Gasteiger partial charge is 0.462 e. The number of ether oxygens (including phenoxy) is 1. The zero-order chi connectivity index (χ0) is 21.6. The molecule has 1 heterocycles. The molecule has 1 N–H and O–H groups in total. The number of nitrogens with zero attached hydrogens (tertiary/aromatic N) is 2. The fourth-order valence-electron chi connectivity index (χ4n) is 3.31. The summed E-state index contributed by atoms with van der Waals surface area (Å²) in [5.41, 5.74) is 3.47. The third-order valence-electron chi connectivity index (χ3n) is 4.84. The molecule has 2 aromatic rings. The number of nitrogens with one attached hydrogen (secondary N) is 1. The van der Waals surface area contributed by atoms with E-state index < -0.39 is 11.8 Å². The Balaban J connectivity index is 2.35. The number of carbonyl (C=O) groups is 2. The molecule has 2 rings (SSSR count). The molecule has 6 nitrogen and oxygen atoms in total. The van der Waals surface area contributed by atoms with Gasteiger partial charge in [-0.15, -0.1) is 0 Å². The summed E-state index contributed by atoms with van der Waals surface area (Å²) in [6, 6.07) is 9.70. The van der Waals surface area contributed by atoms with Crippen molar-refractivity contribution >= 4 is 23.5 Å². The summed E-state index contributed by atoms with van der Waals surface area (Å²) in [4.78, 5) is 30.2. The van der Waals surface area contributed by atoms with Gasteiger partial charge >= 0.3 is 5.97 Å². The minimum atomic E-state index is -0.479. The number of H-pyrrole nitrogens is 1. The molecule has 0 aliphatic carbocycles. The highest BCUT2D eigenvalue weighted by Gasteiger charge is 2.24. The van der Waals surface area contributed by atoms with E-state index in [9.17, 15) is 14.9 Å². The van der Waals surface area contributed by atoms with Crippen molar-refractivity contribution in [2.45, 2.75) is 34.6 Å². The summed E-state index contributed by atoms with van der Waals surface area (Å²) in [5, 5.41) is 9.55. The van der Waals surface area contributed by atoms with Gasteiger partial charge in [0.05, 0.1) is 17.9 Å². The van der Waals surface area contributed by atoms with Crippen LogP contribution in [0.2, 0.25) is 0 Å². The SMILES string of the molecule is CCOC(=O)c1c(C)[nH]c(C(=O)/C(C#N)=C/c2ccc(N(CC)CC)cc2)c1C. The average molecular weight is 393 g/mol. The lowest BCUT2D eigenvalue weighted by Crippen LogP contribution is -2.21. The molecule has 1 aromatic carbocycles. The number of rotatable bonds is 8. The van der Waals surface area contributed by atoms with E-state index in [1.807, 2.05) is 30.3 Å². The maximum atomic E-state index is 12.9. The molecular formula is C23H27N3O3. The summed E-state index contributed by atoms with van der Waals surface area (Å²) in [6.07, 6.45) is 1.56. The van der Waals surface area contributed by atoms with Gasteiger partial charge in [-0.2, -0.15) is 5.26 Å². The van der Waals surface area contributed by atoms with Crippen molar-refractivity contribution in [3.63, 3.8) is 0 Å². The van der Waals surface area contributed by atoms with Crippen LogP contribution >= 0.6 is 0 Å². The lowest BCUT2D eigenvalue weighted by atomic mass is 10.0. The molecular weight excluding hydrogens is 366 g/mol. The van der Waals surface area contributed by atoms with E-state index in [0.29, 0.717) is 16.8 Å². The Morgan fingerprint density at radius 3 is 2.28 bits per heavy atom. The molecule has 0 bridgehead atoms. The van der Waals surface area contributed by atoms with Crippen molar-refractivity contribution in [2.24, 2.45) is 0 Å². The summed E-state index contributed by atoms with van der Waals surface area (Å²) < 4.78 is 5.06. The van der Waals surface area contributed by atoms with E-state index in [0.717, 1.165) is 24.3 Å². The molecule has 6 heteroatoms. The number of Topliss-reactive ketones (excluding diaryl/α,β-unsaturated/α-hetero) is 1. The third kappa shape index (κ3) is 4.75. The highest BCUT2D eigenvalue weighted by molar-refractivity contribution is 6.15. The maximum Gasteiger partial charge on any atom is 0.340 e. The third-order valence-corrected chi connectivity index (χ3v) is 4.84. The highest BCUT2D eigenvalue weighted by Crippen LogP contribution is 2.23. The van der Waals surface area contributed by atoms with Gasteiger partial charge in [0.2, 0.25) is 5.78 Å². The number of hydrogen-bond acceptors (Lipinski definition) is 5. The second-order valence-corrected chi connectivity index (χ2v) is 6.61. The predicted octanol–water partition coefficient (Wildman–Crippen LogP) is 4.44. The number of hydrogen-bond donors (Lipinski definition) is 1. The molecule has 0 aliphatic rings. The van der Waals surface area contributed by atoms with Gasteiger partial charge in [0.1, 0.15) is 11.6 Å². The number of benzene rings is 1. The van der Waals surface area contributed by atoms with Crippen molar-refractivity contribution in [1.29, 1.82) is 5.26 Å². The first-order valence-corrected chi connectivity index (χ1v) is 9.75. The molecule has 0 atom stereocenters. The first kappa shape index (κ1) is 22.0. The Kier molecular flexibility index (Phi) is 7.38. The first-order chi connectivity index (χ1) is 13.9. The number of nitriles is 1. The number of ketones is 1. The van der Waals surface area contributed by atoms with E-state index in [1.165, 1.54) is 0 Å². The van der Waals surface area contributed by atoms with Gasteiger partial charge in [-0.25, -0.2) is 4.79 Å². The van der Waals surface area contributed by atoms with Crippen LogP contribution in [0.4, 0.5) is 5.69 Å². The summed E-state index contributed by atoms with van der Waals surface area (Å²) in [5.74, 6) is -0.927. The normalized spacial score (nSPS) is 11.1. The van der Waals surface area contributed by atoms with E-state index >= 15 is 0 Å². The number of anilines is 1. The quantitative estimate of drug-likeness (QED) is 0.310. The van der Waals surface area contributed by atoms with Crippen molar-refractivity contribution in [3.05, 3.63) is 57.9 Å². The summed E-state index contributed by atoms with van der Waals surface area (Å²) >= 11 is 0. The number of carbonyl (C=O) groups excluding carboxylic acids is 2. The Labute approximate surface area is 171 Å². The molecule has 0 unspecified atom stereocenters. The van der Waals surface area contributed by atoms with Crippen LogP contribution in [0.15, 0.2) is 29.8 Å².